The summed E-state index contributed by atoms with van der Waals surface area (Å²) < 4.78 is 0. The zero-order valence-electron chi connectivity index (χ0n) is 9.88. The van der Waals surface area contributed by atoms with Gasteiger partial charge >= 0.3 is 0 Å². The molecule has 0 heterocycles. The van der Waals surface area contributed by atoms with Gasteiger partial charge < -0.3 is 11.5 Å². The molecule has 0 bridgehead atoms. The summed E-state index contributed by atoms with van der Waals surface area (Å²) in [6.45, 7) is 0. The van der Waals surface area contributed by atoms with Gasteiger partial charge in [0, 0.05) is 0 Å². The van der Waals surface area contributed by atoms with Crippen LogP contribution in [0.1, 0.15) is 64.2 Å². The molecule has 0 radical (unpaired) electrons. The molecular weight excluding hydrogens is 184 g/mol. The third kappa shape index (κ3) is 2.54. The Hall–Kier alpha value is -0.0800. The third-order valence-electron chi connectivity index (χ3n) is 4.62. The molecule has 2 rings (SSSR count). The van der Waals surface area contributed by atoms with Crippen molar-refractivity contribution in [2.75, 3.05) is 0 Å². The standard InChI is InChI=1S/C13H26N2/c14-13(15,11-7-3-1-4-8-11)12-9-5-2-6-10-12/h11-12H,1-10,14-15H2. The molecular formula is C13H26N2. The van der Waals surface area contributed by atoms with Crippen LogP contribution in [0.15, 0.2) is 0 Å². The first kappa shape index (κ1) is 11.4. The molecule has 4 N–H and O–H groups in total. The van der Waals surface area contributed by atoms with Crippen LogP contribution in [-0.4, -0.2) is 5.66 Å². The van der Waals surface area contributed by atoms with Gasteiger partial charge in [0.15, 0.2) is 0 Å². The molecule has 2 saturated carbocycles. The largest absolute Gasteiger partial charge is 0.313 e. The second-order valence-electron chi connectivity index (χ2n) is 5.67. The van der Waals surface area contributed by atoms with Crippen molar-refractivity contribution in [1.82, 2.24) is 0 Å². The topological polar surface area (TPSA) is 52.0 Å². The number of hydrogen-bond donors (Lipinski definition) is 2. The maximum Gasteiger partial charge on any atom is 0.0694 e. The lowest BCUT2D eigenvalue weighted by molar-refractivity contribution is 0.111. The Bertz CT molecular complexity index is 169. The summed E-state index contributed by atoms with van der Waals surface area (Å²) in [5.41, 5.74) is 12.5. The fraction of sp³-hybridized carbons (Fsp3) is 1.00. The molecule has 0 saturated heterocycles. The number of nitrogens with two attached hydrogens (primary N) is 2. The Balaban J connectivity index is 1.96. The average Bonchev–Trinajstić information content (AvgIpc) is 2.31. The lowest BCUT2D eigenvalue weighted by atomic mass is 9.70. The number of hydrogen-bond acceptors (Lipinski definition) is 2. The first-order valence-electron chi connectivity index (χ1n) is 6.79. The molecule has 2 nitrogen and oxygen atoms in total. The lowest BCUT2D eigenvalue weighted by Gasteiger charge is -2.44. The van der Waals surface area contributed by atoms with Crippen LogP contribution in [0.2, 0.25) is 0 Å². The van der Waals surface area contributed by atoms with E-state index in [9.17, 15) is 0 Å². The van der Waals surface area contributed by atoms with Crippen LogP contribution in [0.5, 0.6) is 0 Å². The Labute approximate surface area is 93.8 Å². The minimum Gasteiger partial charge on any atom is -0.313 e. The SMILES string of the molecule is NC(N)(C1CCCCC1)C1CCCCC1. The molecule has 0 amide bonds. The molecule has 88 valence electrons. The molecule has 0 unspecified atom stereocenters. The van der Waals surface area contributed by atoms with Crippen LogP contribution in [0.25, 0.3) is 0 Å². The highest BCUT2D eigenvalue weighted by molar-refractivity contribution is 4.94. The molecule has 2 aliphatic rings. The van der Waals surface area contributed by atoms with Gasteiger partial charge in [-0.05, 0) is 37.5 Å². The molecule has 0 spiro atoms. The maximum absolute atomic E-state index is 6.44. The quantitative estimate of drug-likeness (QED) is 0.689. The minimum atomic E-state index is -0.360. The summed E-state index contributed by atoms with van der Waals surface area (Å²) in [5, 5.41) is 0. The first-order chi connectivity index (χ1) is 7.21. The maximum atomic E-state index is 6.44. The monoisotopic (exact) mass is 210 g/mol. The Morgan fingerprint density at radius 1 is 0.600 bits per heavy atom. The summed E-state index contributed by atoms with van der Waals surface area (Å²) in [5.74, 6) is 1.18. The molecule has 2 fully saturated rings. The van der Waals surface area contributed by atoms with Crippen LogP contribution in [0, 0.1) is 11.8 Å². The van der Waals surface area contributed by atoms with Crippen LogP contribution in [-0.2, 0) is 0 Å². The summed E-state index contributed by atoms with van der Waals surface area (Å²) in [6, 6.07) is 0. The predicted molar refractivity (Wildman–Crippen MR) is 64.3 cm³/mol. The van der Waals surface area contributed by atoms with Crippen LogP contribution in [0.3, 0.4) is 0 Å². The highest BCUT2D eigenvalue weighted by atomic mass is 15.0. The van der Waals surface area contributed by atoms with Crippen molar-refractivity contribution in [3.8, 4) is 0 Å². The van der Waals surface area contributed by atoms with Crippen molar-refractivity contribution >= 4 is 0 Å². The minimum absolute atomic E-state index is 0.360. The van der Waals surface area contributed by atoms with Crippen LogP contribution in [0.4, 0.5) is 0 Å². The summed E-state index contributed by atoms with van der Waals surface area (Å²) in [4.78, 5) is 0. The van der Waals surface area contributed by atoms with E-state index in [0.717, 1.165) is 0 Å². The molecule has 0 atom stereocenters. The van der Waals surface area contributed by atoms with E-state index in [1.807, 2.05) is 0 Å². The van der Waals surface area contributed by atoms with Gasteiger partial charge in [-0.25, -0.2) is 0 Å². The van der Waals surface area contributed by atoms with Gasteiger partial charge in [0.1, 0.15) is 0 Å². The van der Waals surface area contributed by atoms with Gasteiger partial charge in [0.25, 0.3) is 0 Å². The highest BCUT2D eigenvalue weighted by Gasteiger charge is 2.39. The molecule has 0 aliphatic heterocycles. The average molecular weight is 210 g/mol. The van der Waals surface area contributed by atoms with Gasteiger partial charge in [-0.2, -0.15) is 0 Å². The molecule has 0 aromatic carbocycles. The van der Waals surface area contributed by atoms with E-state index in [-0.39, 0.29) is 5.66 Å². The number of rotatable bonds is 2. The van der Waals surface area contributed by atoms with Crippen LogP contribution >= 0.6 is 0 Å². The molecule has 15 heavy (non-hydrogen) atoms. The van der Waals surface area contributed by atoms with E-state index in [1.165, 1.54) is 64.2 Å². The van der Waals surface area contributed by atoms with E-state index in [4.69, 9.17) is 11.5 Å². The normalized spacial score (nSPS) is 26.8. The van der Waals surface area contributed by atoms with E-state index in [2.05, 4.69) is 0 Å². The second kappa shape index (κ2) is 4.84. The second-order valence-corrected chi connectivity index (χ2v) is 5.67. The Morgan fingerprint density at radius 3 is 1.27 bits per heavy atom. The summed E-state index contributed by atoms with van der Waals surface area (Å²) in [7, 11) is 0. The highest BCUT2D eigenvalue weighted by Crippen LogP contribution is 2.38. The van der Waals surface area contributed by atoms with Crippen LogP contribution < -0.4 is 11.5 Å². The Morgan fingerprint density at radius 2 is 0.933 bits per heavy atom. The van der Waals surface area contributed by atoms with E-state index >= 15 is 0 Å². The molecule has 2 aliphatic carbocycles. The zero-order valence-corrected chi connectivity index (χ0v) is 9.88. The first-order valence-corrected chi connectivity index (χ1v) is 6.79. The van der Waals surface area contributed by atoms with Gasteiger partial charge in [-0.1, -0.05) is 38.5 Å². The fourth-order valence-corrected chi connectivity index (χ4v) is 3.54. The lowest BCUT2D eigenvalue weighted by Crippen LogP contribution is -2.61. The van der Waals surface area contributed by atoms with Crippen molar-refractivity contribution in [2.45, 2.75) is 69.9 Å². The van der Waals surface area contributed by atoms with Gasteiger partial charge in [0.05, 0.1) is 5.66 Å². The Kier molecular flexibility index (Phi) is 3.68. The molecule has 0 aromatic rings. The van der Waals surface area contributed by atoms with Crippen molar-refractivity contribution in [1.29, 1.82) is 0 Å². The van der Waals surface area contributed by atoms with Crippen molar-refractivity contribution in [3.05, 3.63) is 0 Å². The van der Waals surface area contributed by atoms with Crippen molar-refractivity contribution in [2.24, 2.45) is 23.3 Å². The predicted octanol–water partition coefficient (Wildman–Crippen LogP) is 2.76. The van der Waals surface area contributed by atoms with Gasteiger partial charge in [-0.3, -0.25) is 0 Å². The smallest absolute Gasteiger partial charge is 0.0694 e. The van der Waals surface area contributed by atoms with E-state index in [1.54, 1.807) is 0 Å². The summed E-state index contributed by atoms with van der Waals surface area (Å²) in [6.07, 6.45) is 13.2. The molecule has 2 heteroatoms. The van der Waals surface area contributed by atoms with Gasteiger partial charge in [0.2, 0.25) is 0 Å². The summed E-state index contributed by atoms with van der Waals surface area (Å²) >= 11 is 0. The third-order valence-corrected chi connectivity index (χ3v) is 4.62. The van der Waals surface area contributed by atoms with E-state index in [0.29, 0.717) is 11.8 Å². The van der Waals surface area contributed by atoms with Crippen molar-refractivity contribution < 1.29 is 0 Å². The van der Waals surface area contributed by atoms with E-state index < -0.39 is 0 Å². The fourth-order valence-electron chi connectivity index (χ4n) is 3.54. The van der Waals surface area contributed by atoms with Crippen molar-refractivity contribution in [3.63, 3.8) is 0 Å². The molecule has 0 aromatic heterocycles. The zero-order chi connectivity index (χ0) is 10.7. The van der Waals surface area contributed by atoms with Gasteiger partial charge in [-0.15, -0.1) is 0 Å².